The molecular formula is C25H30N2O2S. The molecule has 158 valence electrons. The zero-order valence-corrected chi connectivity index (χ0v) is 18.4. The summed E-state index contributed by atoms with van der Waals surface area (Å²) in [6.07, 6.45) is 8.36. The standard InChI is InChI=1S/C25H30N2O2S/c1-2-26-24(29)25(14-15-27(18-25)23(28)19-9-4-3-5-10-19)17-20-11-6-7-12-21(20)22-13-8-16-30-22/h3-4,6-8,11-13,16,19H,2,5,9-10,14-15,17-18H2,1H3,(H,26,29)/t19-,25-/m1/s1. The fraction of sp³-hybridized carbons (Fsp3) is 0.440. The van der Waals surface area contributed by atoms with E-state index >= 15 is 0 Å². The van der Waals surface area contributed by atoms with Crippen LogP contribution in [-0.2, 0) is 16.0 Å². The maximum atomic E-state index is 13.3. The number of carbonyl (C=O) groups excluding carboxylic acids is 2. The normalized spacial score (nSPS) is 23.5. The van der Waals surface area contributed by atoms with Crippen LogP contribution in [0.3, 0.4) is 0 Å². The molecule has 2 aromatic rings. The lowest BCUT2D eigenvalue weighted by molar-refractivity contribution is -0.136. The van der Waals surface area contributed by atoms with E-state index in [-0.39, 0.29) is 17.7 Å². The van der Waals surface area contributed by atoms with E-state index in [1.165, 1.54) is 16.0 Å². The molecule has 2 amide bonds. The second-order valence-electron chi connectivity index (χ2n) is 8.44. The second-order valence-corrected chi connectivity index (χ2v) is 9.39. The Hall–Kier alpha value is -2.40. The van der Waals surface area contributed by atoms with Crippen LogP contribution in [0.1, 0.15) is 38.2 Å². The maximum Gasteiger partial charge on any atom is 0.228 e. The van der Waals surface area contributed by atoms with Gasteiger partial charge in [-0.2, -0.15) is 0 Å². The molecule has 2 atom stereocenters. The van der Waals surface area contributed by atoms with Gasteiger partial charge in [-0.15, -0.1) is 11.3 Å². The number of benzene rings is 1. The Morgan fingerprint density at radius 1 is 1.20 bits per heavy atom. The predicted molar refractivity (Wildman–Crippen MR) is 122 cm³/mol. The van der Waals surface area contributed by atoms with Gasteiger partial charge in [-0.1, -0.05) is 42.5 Å². The summed E-state index contributed by atoms with van der Waals surface area (Å²) in [7, 11) is 0. The molecule has 1 fully saturated rings. The highest BCUT2D eigenvalue weighted by Gasteiger charge is 2.46. The quantitative estimate of drug-likeness (QED) is 0.688. The highest BCUT2D eigenvalue weighted by molar-refractivity contribution is 7.13. The third kappa shape index (κ3) is 4.22. The summed E-state index contributed by atoms with van der Waals surface area (Å²) >= 11 is 1.72. The van der Waals surface area contributed by atoms with Crippen molar-refractivity contribution >= 4 is 23.2 Å². The first-order valence-corrected chi connectivity index (χ1v) is 11.8. The Morgan fingerprint density at radius 3 is 2.80 bits per heavy atom. The largest absolute Gasteiger partial charge is 0.356 e. The molecule has 1 aromatic carbocycles. The Labute approximate surface area is 183 Å². The van der Waals surface area contributed by atoms with Gasteiger partial charge in [0.1, 0.15) is 0 Å². The van der Waals surface area contributed by atoms with Crippen molar-refractivity contribution in [3.8, 4) is 10.4 Å². The molecule has 0 unspecified atom stereocenters. The molecule has 5 heteroatoms. The molecule has 2 heterocycles. The van der Waals surface area contributed by atoms with Gasteiger partial charge >= 0.3 is 0 Å². The smallest absolute Gasteiger partial charge is 0.228 e. The second kappa shape index (κ2) is 9.17. The van der Waals surface area contributed by atoms with Crippen molar-refractivity contribution in [2.45, 2.75) is 39.0 Å². The van der Waals surface area contributed by atoms with Gasteiger partial charge in [0.25, 0.3) is 0 Å². The highest BCUT2D eigenvalue weighted by Crippen LogP contribution is 2.39. The predicted octanol–water partition coefficient (Wildman–Crippen LogP) is 4.67. The number of rotatable bonds is 6. The maximum absolute atomic E-state index is 13.3. The number of amides is 2. The van der Waals surface area contributed by atoms with Crippen LogP contribution in [0.25, 0.3) is 10.4 Å². The van der Waals surface area contributed by atoms with Gasteiger partial charge in [0.05, 0.1) is 5.41 Å². The van der Waals surface area contributed by atoms with Gasteiger partial charge < -0.3 is 10.2 Å². The lowest BCUT2D eigenvalue weighted by Gasteiger charge is -2.30. The third-order valence-electron chi connectivity index (χ3n) is 6.44. The van der Waals surface area contributed by atoms with E-state index < -0.39 is 5.41 Å². The van der Waals surface area contributed by atoms with Crippen molar-refractivity contribution < 1.29 is 9.59 Å². The van der Waals surface area contributed by atoms with Crippen LogP contribution in [0, 0.1) is 11.3 Å². The minimum absolute atomic E-state index is 0.0680. The molecule has 1 N–H and O–H groups in total. The van der Waals surface area contributed by atoms with Crippen molar-refractivity contribution in [1.82, 2.24) is 10.2 Å². The SMILES string of the molecule is CCNC(=O)[C@@]1(Cc2ccccc2-c2cccs2)CCN(C(=O)[C@@H]2CC=CCC2)C1. The molecule has 1 aliphatic carbocycles. The summed E-state index contributed by atoms with van der Waals surface area (Å²) < 4.78 is 0. The van der Waals surface area contributed by atoms with Gasteiger partial charge in [-0.25, -0.2) is 0 Å². The molecule has 0 radical (unpaired) electrons. The summed E-state index contributed by atoms with van der Waals surface area (Å²) in [6, 6.07) is 12.6. The molecule has 1 aliphatic heterocycles. The van der Waals surface area contributed by atoms with Gasteiger partial charge in [0, 0.05) is 30.4 Å². The van der Waals surface area contributed by atoms with Crippen molar-refractivity contribution in [2.24, 2.45) is 11.3 Å². The third-order valence-corrected chi connectivity index (χ3v) is 7.34. The van der Waals surface area contributed by atoms with Crippen LogP contribution in [-0.4, -0.2) is 36.3 Å². The Morgan fingerprint density at radius 2 is 2.07 bits per heavy atom. The number of likely N-dealkylation sites (tertiary alicyclic amines) is 1. The summed E-state index contributed by atoms with van der Waals surface area (Å²) in [5, 5.41) is 5.14. The first-order chi connectivity index (χ1) is 14.6. The van der Waals surface area contributed by atoms with Crippen LogP contribution in [0.2, 0.25) is 0 Å². The molecule has 0 bridgehead atoms. The molecule has 1 aromatic heterocycles. The average molecular weight is 423 g/mol. The van der Waals surface area contributed by atoms with Gasteiger partial charge in [-0.05, 0) is 61.6 Å². The first kappa shape index (κ1) is 20.9. The molecule has 4 nitrogen and oxygen atoms in total. The van der Waals surface area contributed by atoms with Crippen LogP contribution in [0.15, 0.2) is 53.9 Å². The van der Waals surface area contributed by atoms with Crippen LogP contribution >= 0.6 is 11.3 Å². The lowest BCUT2D eigenvalue weighted by atomic mass is 9.78. The van der Waals surface area contributed by atoms with E-state index in [4.69, 9.17) is 0 Å². The summed E-state index contributed by atoms with van der Waals surface area (Å²) in [5.74, 6) is 0.361. The van der Waals surface area contributed by atoms with Crippen LogP contribution < -0.4 is 5.32 Å². The number of nitrogens with zero attached hydrogens (tertiary/aromatic N) is 1. The Balaban J connectivity index is 1.60. The van der Waals surface area contributed by atoms with E-state index in [2.05, 4.69) is 53.2 Å². The van der Waals surface area contributed by atoms with E-state index in [1.807, 2.05) is 17.9 Å². The molecular weight excluding hydrogens is 392 g/mol. The zero-order valence-electron chi connectivity index (χ0n) is 17.6. The molecule has 0 saturated carbocycles. The van der Waals surface area contributed by atoms with Crippen molar-refractivity contribution in [1.29, 1.82) is 0 Å². The summed E-state index contributed by atoms with van der Waals surface area (Å²) in [4.78, 5) is 29.6. The summed E-state index contributed by atoms with van der Waals surface area (Å²) in [6.45, 7) is 3.74. The van der Waals surface area contributed by atoms with Crippen LogP contribution in [0.4, 0.5) is 0 Å². The van der Waals surface area contributed by atoms with E-state index in [0.717, 1.165) is 19.3 Å². The fourth-order valence-corrected chi connectivity index (χ4v) is 5.59. The van der Waals surface area contributed by atoms with Crippen molar-refractivity contribution in [3.63, 3.8) is 0 Å². The van der Waals surface area contributed by atoms with E-state index in [0.29, 0.717) is 32.5 Å². The highest BCUT2D eigenvalue weighted by atomic mass is 32.1. The first-order valence-electron chi connectivity index (χ1n) is 11.0. The topological polar surface area (TPSA) is 49.4 Å². The van der Waals surface area contributed by atoms with Crippen molar-refractivity contribution in [3.05, 3.63) is 59.5 Å². The Bertz CT molecular complexity index is 921. The summed E-state index contributed by atoms with van der Waals surface area (Å²) in [5.41, 5.74) is 1.81. The molecule has 0 spiro atoms. The number of hydrogen-bond acceptors (Lipinski definition) is 3. The van der Waals surface area contributed by atoms with E-state index in [9.17, 15) is 9.59 Å². The molecule has 30 heavy (non-hydrogen) atoms. The number of carbonyl (C=O) groups is 2. The lowest BCUT2D eigenvalue weighted by Crippen LogP contribution is -2.46. The minimum Gasteiger partial charge on any atom is -0.356 e. The molecule has 2 aliphatic rings. The van der Waals surface area contributed by atoms with E-state index in [1.54, 1.807) is 11.3 Å². The Kier molecular flexibility index (Phi) is 6.38. The number of nitrogens with one attached hydrogen (secondary N) is 1. The van der Waals surface area contributed by atoms with Gasteiger partial charge in [0.15, 0.2) is 0 Å². The average Bonchev–Trinajstić information content (AvgIpc) is 3.46. The van der Waals surface area contributed by atoms with Crippen molar-refractivity contribution in [2.75, 3.05) is 19.6 Å². The zero-order chi connectivity index (χ0) is 21.0. The number of hydrogen-bond donors (Lipinski definition) is 1. The number of thiophene rings is 1. The molecule has 4 rings (SSSR count). The fourth-order valence-electron chi connectivity index (χ4n) is 4.81. The van der Waals surface area contributed by atoms with Crippen LogP contribution in [0.5, 0.6) is 0 Å². The monoisotopic (exact) mass is 422 g/mol. The number of allylic oxidation sites excluding steroid dienone is 2. The molecule has 1 saturated heterocycles. The minimum atomic E-state index is -0.566. The van der Waals surface area contributed by atoms with Gasteiger partial charge in [-0.3, -0.25) is 9.59 Å². The van der Waals surface area contributed by atoms with Gasteiger partial charge in [0.2, 0.25) is 11.8 Å².